The van der Waals surface area contributed by atoms with E-state index in [1.165, 1.54) is 18.2 Å². The molecule has 2 rings (SSSR count). The number of nitrogens with one attached hydrogen (secondary N) is 1. The van der Waals surface area contributed by atoms with Gasteiger partial charge >= 0.3 is 12.1 Å². The lowest BCUT2D eigenvalue weighted by molar-refractivity contribution is -0.137. The fourth-order valence-electron chi connectivity index (χ4n) is 1.96. The Hall–Kier alpha value is -2.54. The van der Waals surface area contributed by atoms with Crippen LogP contribution in [0.1, 0.15) is 22.8 Å². The van der Waals surface area contributed by atoms with Gasteiger partial charge in [0, 0.05) is 12.3 Å². The van der Waals surface area contributed by atoms with Crippen LogP contribution in [0.4, 0.5) is 24.5 Å². The molecule has 0 fully saturated rings. The van der Waals surface area contributed by atoms with E-state index >= 15 is 0 Å². The van der Waals surface area contributed by atoms with E-state index in [1.807, 2.05) is 0 Å². The van der Waals surface area contributed by atoms with Crippen LogP contribution in [0, 0.1) is 0 Å². The van der Waals surface area contributed by atoms with Crippen LogP contribution in [0.15, 0.2) is 48.5 Å². The maximum absolute atomic E-state index is 12.8. The fourth-order valence-corrected chi connectivity index (χ4v) is 1.96. The van der Waals surface area contributed by atoms with Crippen molar-refractivity contribution < 1.29 is 27.4 Å². The van der Waals surface area contributed by atoms with E-state index in [4.69, 9.17) is 9.47 Å². The molecular formula is C17H16F3NO3. The minimum Gasteiger partial charge on any atom is -0.435 e. The molecule has 1 N–H and O–H groups in total. The van der Waals surface area contributed by atoms with E-state index in [9.17, 15) is 18.0 Å². The maximum atomic E-state index is 12.8. The zero-order chi connectivity index (χ0) is 17.6. The average molecular weight is 339 g/mol. The van der Waals surface area contributed by atoms with Crippen molar-refractivity contribution in [2.24, 2.45) is 0 Å². The van der Waals surface area contributed by atoms with Crippen LogP contribution in [-0.2, 0) is 15.7 Å². The van der Waals surface area contributed by atoms with E-state index in [0.29, 0.717) is 12.3 Å². The number of benzene rings is 2. The first-order valence-corrected chi connectivity index (χ1v) is 7.20. The molecule has 128 valence electrons. The molecule has 0 amide bonds. The van der Waals surface area contributed by atoms with Crippen molar-refractivity contribution in [2.75, 3.05) is 18.7 Å². The molecule has 0 spiro atoms. The Morgan fingerprint density at radius 3 is 2.58 bits per heavy atom. The normalized spacial score (nSPS) is 11.2. The molecule has 0 bridgehead atoms. The third-order valence-corrected chi connectivity index (χ3v) is 3.09. The zero-order valence-corrected chi connectivity index (χ0v) is 12.9. The second-order valence-electron chi connectivity index (χ2n) is 4.79. The van der Waals surface area contributed by atoms with Gasteiger partial charge in [0.2, 0.25) is 0 Å². The van der Waals surface area contributed by atoms with Gasteiger partial charge in [-0.05, 0) is 37.3 Å². The van der Waals surface area contributed by atoms with Crippen LogP contribution in [-0.4, -0.2) is 19.4 Å². The van der Waals surface area contributed by atoms with Crippen LogP contribution < -0.4 is 5.32 Å². The standard InChI is InChI=1S/C17H16F3NO3/c1-2-23-11-24-16(22)14-8-3-4-9-15(14)21-13-7-5-6-12(10-13)17(18,19)20/h3-10,21H,2,11H2,1H3. The minimum absolute atomic E-state index is 0.187. The third-order valence-electron chi connectivity index (χ3n) is 3.09. The van der Waals surface area contributed by atoms with Crippen molar-refractivity contribution in [3.8, 4) is 0 Å². The van der Waals surface area contributed by atoms with Gasteiger partial charge in [-0.15, -0.1) is 0 Å². The number of halogens is 3. The van der Waals surface area contributed by atoms with Crippen LogP contribution >= 0.6 is 0 Å². The molecule has 0 aliphatic rings. The molecule has 0 aliphatic carbocycles. The zero-order valence-electron chi connectivity index (χ0n) is 12.9. The third kappa shape index (κ3) is 4.73. The Labute approximate surface area is 137 Å². The largest absolute Gasteiger partial charge is 0.435 e. The summed E-state index contributed by atoms with van der Waals surface area (Å²) in [7, 11) is 0. The number of alkyl halides is 3. The number of carbonyl (C=O) groups is 1. The average Bonchev–Trinajstić information content (AvgIpc) is 2.55. The highest BCUT2D eigenvalue weighted by Crippen LogP contribution is 2.31. The predicted octanol–water partition coefficient (Wildman–Crippen LogP) is 4.60. The van der Waals surface area contributed by atoms with Gasteiger partial charge in [-0.2, -0.15) is 13.2 Å². The van der Waals surface area contributed by atoms with E-state index in [-0.39, 0.29) is 18.0 Å². The maximum Gasteiger partial charge on any atom is 0.416 e. The van der Waals surface area contributed by atoms with Crippen LogP contribution in [0.3, 0.4) is 0 Å². The second kappa shape index (κ2) is 7.83. The van der Waals surface area contributed by atoms with Crippen molar-refractivity contribution in [3.63, 3.8) is 0 Å². The van der Waals surface area contributed by atoms with Crippen LogP contribution in [0.2, 0.25) is 0 Å². The lowest BCUT2D eigenvalue weighted by atomic mass is 10.1. The van der Waals surface area contributed by atoms with Crippen molar-refractivity contribution in [1.82, 2.24) is 0 Å². The molecule has 0 aliphatic heterocycles. The van der Waals surface area contributed by atoms with Gasteiger partial charge in [0.25, 0.3) is 0 Å². The quantitative estimate of drug-likeness (QED) is 0.475. The van der Waals surface area contributed by atoms with Gasteiger partial charge in [0.05, 0.1) is 16.8 Å². The number of ether oxygens (including phenoxy) is 2. The van der Waals surface area contributed by atoms with Crippen molar-refractivity contribution in [1.29, 1.82) is 0 Å². The molecule has 7 heteroatoms. The van der Waals surface area contributed by atoms with Crippen molar-refractivity contribution >= 4 is 17.3 Å². The van der Waals surface area contributed by atoms with E-state index < -0.39 is 17.7 Å². The lowest BCUT2D eigenvalue weighted by Gasteiger charge is -2.13. The number of hydrogen-bond donors (Lipinski definition) is 1. The SMILES string of the molecule is CCOCOC(=O)c1ccccc1Nc1cccc(C(F)(F)F)c1. The number of esters is 1. The lowest BCUT2D eigenvalue weighted by Crippen LogP contribution is -2.11. The summed E-state index contributed by atoms with van der Waals surface area (Å²) in [5.74, 6) is -0.626. The Kier molecular flexibility index (Phi) is 5.81. The fraction of sp³-hybridized carbons (Fsp3) is 0.235. The van der Waals surface area contributed by atoms with Gasteiger partial charge in [-0.25, -0.2) is 4.79 Å². The molecule has 0 saturated carbocycles. The molecule has 0 atom stereocenters. The highest BCUT2D eigenvalue weighted by Gasteiger charge is 2.30. The smallest absolute Gasteiger partial charge is 0.416 e. The van der Waals surface area contributed by atoms with E-state index in [2.05, 4.69) is 5.32 Å². The molecular weight excluding hydrogens is 323 g/mol. The Balaban J connectivity index is 2.20. The molecule has 24 heavy (non-hydrogen) atoms. The summed E-state index contributed by atoms with van der Waals surface area (Å²) in [5, 5.41) is 2.81. The summed E-state index contributed by atoms with van der Waals surface area (Å²) in [6.45, 7) is 1.97. The number of hydrogen-bond acceptors (Lipinski definition) is 4. The van der Waals surface area contributed by atoms with Gasteiger partial charge in [-0.1, -0.05) is 18.2 Å². The monoisotopic (exact) mass is 339 g/mol. The topological polar surface area (TPSA) is 47.6 Å². The van der Waals surface area contributed by atoms with Gasteiger partial charge < -0.3 is 14.8 Å². The Morgan fingerprint density at radius 2 is 1.88 bits per heavy atom. The Morgan fingerprint density at radius 1 is 1.12 bits per heavy atom. The van der Waals surface area contributed by atoms with E-state index in [0.717, 1.165) is 12.1 Å². The Bertz CT molecular complexity index is 701. The van der Waals surface area contributed by atoms with Crippen LogP contribution in [0.5, 0.6) is 0 Å². The second-order valence-corrected chi connectivity index (χ2v) is 4.79. The van der Waals surface area contributed by atoms with Gasteiger partial charge in [-0.3, -0.25) is 0 Å². The van der Waals surface area contributed by atoms with Crippen molar-refractivity contribution in [3.05, 3.63) is 59.7 Å². The first kappa shape index (κ1) is 17.8. The summed E-state index contributed by atoms with van der Waals surface area (Å²) in [6, 6.07) is 11.1. The molecule has 2 aromatic carbocycles. The first-order valence-electron chi connectivity index (χ1n) is 7.20. The van der Waals surface area contributed by atoms with Crippen LogP contribution in [0.25, 0.3) is 0 Å². The number of rotatable bonds is 6. The molecule has 0 aromatic heterocycles. The molecule has 0 heterocycles. The summed E-state index contributed by atoms with van der Waals surface area (Å²) in [4.78, 5) is 12.0. The van der Waals surface area contributed by atoms with Gasteiger partial charge in [0.1, 0.15) is 0 Å². The molecule has 2 aromatic rings. The number of carbonyl (C=O) groups excluding carboxylic acids is 1. The molecule has 0 unspecified atom stereocenters. The number of para-hydroxylation sites is 1. The minimum atomic E-state index is -4.44. The summed E-state index contributed by atoms with van der Waals surface area (Å²) >= 11 is 0. The highest BCUT2D eigenvalue weighted by molar-refractivity contribution is 5.96. The molecule has 0 saturated heterocycles. The summed E-state index contributed by atoms with van der Waals surface area (Å²) in [6.07, 6.45) is -4.44. The molecule has 0 radical (unpaired) electrons. The number of anilines is 2. The summed E-state index contributed by atoms with van der Waals surface area (Å²) < 4.78 is 48.2. The van der Waals surface area contributed by atoms with Gasteiger partial charge in [0.15, 0.2) is 6.79 Å². The van der Waals surface area contributed by atoms with Crippen molar-refractivity contribution in [2.45, 2.75) is 13.1 Å². The first-order chi connectivity index (χ1) is 11.4. The predicted molar refractivity (Wildman–Crippen MR) is 83.1 cm³/mol. The highest BCUT2D eigenvalue weighted by atomic mass is 19.4. The van der Waals surface area contributed by atoms with E-state index in [1.54, 1.807) is 25.1 Å². The molecule has 4 nitrogen and oxygen atoms in total. The summed E-state index contributed by atoms with van der Waals surface area (Å²) in [5.41, 5.74) is -0.00766.